The molecule has 12 heteroatoms. The quantitative estimate of drug-likeness (QED) is 0.404. The number of rotatable bonds is 6. The molecule has 1 aromatic heterocycles. The van der Waals surface area contributed by atoms with Gasteiger partial charge in [0.2, 0.25) is 5.91 Å². The number of nitriles is 1. The minimum Gasteiger partial charge on any atom is -0.495 e. The first-order valence-electron chi connectivity index (χ1n) is 8.26. The van der Waals surface area contributed by atoms with E-state index in [1.165, 1.54) is 39.2 Å². The number of nitrogens with one attached hydrogen (secondary N) is 1. The van der Waals surface area contributed by atoms with E-state index in [2.05, 4.69) is 10.3 Å². The Morgan fingerprint density at radius 1 is 1.40 bits per heavy atom. The second kappa shape index (κ2) is 9.00. The van der Waals surface area contributed by atoms with Crippen molar-refractivity contribution in [3.8, 4) is 11.8 Å². The summed E-state index contributed by atoms with van der Waals surface area (Å²) in [6, 6.07) is 5.86. The fourth-order valence-electron chi connectivity index (χ4n) is 2.42. The Bertz CT molecular complexity index is 1040. The van der Waals surface area contributed by atoms with Crippen molar-refractivity contribution in [3.05, 3.63) is 51.2 Å². The zero-order valence-corrected chi connectivity index (χ0v) is 16.7. The van der Waals surface area contributed by atoms with Crippen LogP contribution in [0.2, 0.25) is 0 Å². The molecule has 1 amide bonds. The molecular weight excluding hydrogens is 425 g/mol. The first-order chi connectivity index (χ1) is 14.0. The van der Waals surface area contributed by atoms with E-state index in [1.807, 2.05) is 0 Å². The number of nitro benzene ring substituents is 1. The maximum Gasteiger partial charge on any atom is 0.417 e. The van der Waals surface area contributed by atoms with Gasteiger partial charge in [0.25, 0.3) is 5.69 Å². The predicted octanol–water partition coefficient (Wildman–Crippen LogP) is 4.32. The van der Waals surface area contributed by atoms with Gasteiger partial charge in [-0.15, -0.1) is 0 Å². The van der Waals surface area contributed by atoms with Crippen LogP contribution in [-0.2, 0) is 11.0 Å². The van der Waals surface area contributed by atoms with Crippen LogP contribution in [0.3, 0.4) is 0 Å². The third-order valence-electron chi connectivity index (χ3n) is 3.84. The third kappa shape index (κ3) is 5.18. The van der Waals surface area contributed by atoms with Gasteiger partial charge in [-0.3, -0.25) is 14.9 Å². The van der Waals surface area contributed by atoms with Crippen LogP contribution in [0.15, 0.2) is 29.3 Å². The molecule has 1 N–H and O–H groups in total. The number of benzene rings is 1. The number of thioether (sulfide) groups is 1. The van der Waals surface area contributed by atoms with Gasteiger partial charge in [0.1, 0.15) is 16.8 Å². The standard InChI is InChI=1S/C18H15F3N4O4S/c1-9-6-13(18(19,20)21)12(8-22)17(23-9)30-10(2)16(26)24-14-7-11(25(27)28)4-5-15(14)29-3/h4-7,10H,1-3H3,(H,24,26). The van der Waals surface area contributed by atoms with Gasteiger partial charge >= 0.3 is 6.18 Å². The maximum absolute atomic E-state index is 13.2. The van der Waals surface area contributed by atoms with Gasteiger partial charge in [-0.2, -0.15) is 18.4 Å². The Hall–Kier alpha value is -3.33. The zero-order chi connectivity index (χ0) is 22.6. The summed E-state index contributed by atoms with van der Waals surface area (Å²) in [6.07, 6.45) is -4.75. The van der Waals surface area contributed by atoms with Crippen molar-refractivity contribution in [1.82, 2.24) is 4.98 Å². The first-order valence-corrected chi connectivity index (χ1v) is 9.14. The molecule has 0 saturated carbocycles. The molecule has 8 nitrogen and oxygen atoms in total. The number of aromatic nitrogens is 1. The summed E-state index contributed by atoms with van der Waals surface area (Å²) in [5.41, 5.74) is -2.03. The fraction of sp³-hybridized carbons (Fsp3) is 0.278. The lowest BCUT2D eigenvalue weighted by atomic mass is 10.1. The van der Waals surface area contributed by atoms with Crippen LogP contribution in [-0.4, -0.2) is 28.2 Å². The second-order valence-electron chi connectivity index (χ2n) is 5.99. The number of hydrogen-bond acceptors (Lipinski definition) is 7. The number of carbonyl (C=O) groups excluding carboxylic acids is 1. The van der Waals surface area contributed by atoms with Crippen molar-refractivity contribution in [1.29, 1.82) is 5.26 Å². The maximum atomic E-state index is 13.2. The number of carbonyl (C=O) groups is 1. The van der Waals surface area contributed by atoms with E-state index in [4.69, 9.17) is 4.74 Å². The minimum atomic E-state index is -4.75. The van der Waals surface area contributed by atoms with Gasteiger partial charge in [0.05, 0.1) is 34.1 Å². The molecule has 1 atom stereocenters. The van der Waals surface area contributed by atoms with Crippen LogP contribution >= 0.6 is 11.8 Å². The Kier molecular flexibility index (Phi) is 6.88. The molecule has 0 radical (unpaired) electrons. The Morgan fingerprint density at radius 2 is 2.07 bits per heavy atom. The zero-order valence-electron chi connectivity index (χ0n) is 15.9. The van der Waals surface area contributed by atoms with Crippen molar-refractivity contribution >= 4 is 29.0 Å². The number of nitrogens with zero attached hydrogens (tertiary/aromatic N) is 3. The molecule has 1 heterocycles. The van der Waals surface area contributed by atoms with Crippen molar-refractivity contribution in [3.63, 3.8) is 0 Å². The average Bonchev–Trinajstić information content (AvgIpc) is 2.66. The lowest BCUT2D eigenvalue weighted by Crippen LogP contribution is -2.23. The third-order valence-corrected chi connectivity index (χ3v) is 4.93. The van der Waals surface area contributed by atoms with Gasteiger partial charge in [-0.25, -0.2) is 4.98 Å². The van der Waals surface area contributed by atoms with Gasteiger partial charge in [0, 0.05) is 17.8 Å². The predicted molar refractivity (Wildman–Crippen MR) is 102 cm³/mol. The number of amides is 1. The molecule has 2 rings (SSSR count). The summed E-state index contributed by atoms with van der Waals surface area (Å²) in [5, 5.41) is 21.4. The van der Waals surface area contributed by atoms with E-state index >= 15 is 0 Å². The number of nitro groups is 1. The molecule has 2 aromatic rings. The highest BCUT2D eigenvalue weighted by Gasteiger charge is 2.36. The van der Waals surface area contributed by atoms with Crippen LogP contribution in [0.5, 0.6) is 5.75 Å². The molecule has 0 aliphatic carbocycles. The number of hydrogen-bond donors (Lipinski definition) is 1. The Labute approximate surface area is 173 Å². The number of ether oxygens (including phenoxy) is 1. The average molecular weight is 440 g/mol. The monoisotopic (exact) mass is 440 g/mol. The Balaban J connectivity index is 2.32. The molecular formula is C18H15F3N4O4S. The van der Waals surface area contributed by atoms with E-state index in [1.54, 1.807) is 0 Å². The molecule has 1 aromatic carbocycles. The fourth-order valence-corrected chi connectivity index (χ4v) is 3.40. The van der Waals surface area contributed by atoms with Gasteiger partial charge in [0.15, 0.2) is 0 Å². The van der Waals surface area contributed by atoms with Crippen LogP contribution in [0.1, 0.15) is 23.7 Å². The largest absolute Gasteiger partial charge is 0.495 e. The summed E-state index contributed by atoms with van der Waals surface area (Å²) in [5.74, 6) is -0.503. The highest BCUT2D eigenvalue weighted by molar-refractivity contribution is 8.00. The molecule has 0 aliphatic rings. The van der Waals surface area contributed by atoms with Crippen LogP contribution in [0, 0.1) is 28.4 Å². The summed E-state index contributed by atoms with van der Waals surface area (Å²) in [7, 11) is 1.31. The van der Waals surface area contributed by atoms with Crippen molar-refractivity contribution < 1.29 is 27.6 Å². The normalized spacial score (nSPS) is 12.0. The molecule has 158 valence electrons. The molecule has 30 heavy (non-hydrogen) atoms. The van der Waals surface area contributed by atoms with E-state index < -0.39 is 33.4 Å². The smallest absolute Gasteiger partial charge is 0.417 e. The number of aryl methyl sites for hydroxylation is 1. The molecule has 0 bridgehead atoms. The highest BCUT2D eigenvalue weighted by atomic mass is 32.2. The lowest BCUT2D eigenvalue weighted by molar-refractivity contribution is -0.384. The highest BCUT2D eigenvalue weighted by Crippen LogP contribution is 2.37. The first kappa shape index (κ1) is 23.0. The SMILES string of the molecule is COc1ccc([N+](=O)[O-])cc1NC(=O)C(C)Sc1nc(C)cc(C(F)(F)F)c1C#N. The van der Waals surface area contributed by atoms with E-state index in [0.717, 1.165) is 12.1 Å². The summed E-state index contributed by atoms with van der Waals surface area (Å²) in [6.45, 7) is 2.75. The Morgan fingerprint density at radius 3 is 2.60 bits per heavy atom. The number of pyridine rings is 1. The van der Waals surface area contributed by atoms with Gasteiger partial charge in [-0.1, -0.05) is 11.8 Å². The van der Waals surface area contributed by atoms with Crippen LogP contribution in [0.4, 0.5) is 24.5 Å². The molecule has 1 unspecified atom stereocenters. The summed E-state index contributed by atoms with van der Waals surface area (Å²) >= 11 is 0.670. The number of methoxy groups -OCH3 is 1. The minimum absolute atomic E-state index is 0.0258. The lowest BCUT2D eigenvalue weighted by Gasteiger charge is -2.16. The topological polar surface area (TPSA) is 118 Å². The van der Waals surface area contributed by atoms with Gasteiger partial charge in [-0.05, 0) is 26.0 Å². The molecule has 0 spiro atoms. The molecule has 0 fully saturated rings. The summed E-state index contributed by atoms with van der Waals surface area (Å²) < 4.78 is 44.7. The number of alkyl halides is 3. The molecule has 0 aliphatic heterocycles. The van der Waals surface area contributed by atoms with Crippen LogP contribution < -0.4 is 10.1 Å². The van der Waals surface area contributed by atoms with E-state index in [-0.39, 0.29) is 27.8 Å². The van der Waals surface area contributed by atoms with Crippen molar-refractivity contribution in [2.45, 2.75) is 30.3 Å². The van der Waals surface area contributed by atoms with E-state index in [9.17, 15) is 33.3 Å². The number of halogens is 3. The summed E-state index contributed by atoms with van der Waals surface area (Å²) in [4.78, 5) is 26.8. The molecule has 0 saturated heterocycles. The van der Waals surface area contributed by atoms with E-state index in [0.29, 0.717) is 11.8 Å². The second-order valence-corrected chi connectivity index (χ2v) is 7.32. The number of non-ortho nitro benzene ring substituents is 1. The van der Waals surface area contributed by atoms with Crippen LogP contribution in [0.25, 0.3) is 0 Å². The van der Waals surface area contributed by atoms with Crippen molar-refractivity contribution in [2.24, 2.45) is 0 Å². The van der Waals surface area contributed by atoms with Gasteiger partial charge < -0.3 is 10.1 Å². The number of anilines is 1. The van der Waals surface area contributed by atoms with Crippen molar-refractivity contribution in [2.75, 3.05) is 12.4 Å².